The molecule has 2 aliphatic rings. The first kappa shape index (κ1) is 16.3. The summed E-state index contributed by atoms with van der Waals surface area (Å²) in [7, 11) is 0. The maximum Gasteiger partial charge on any atom is 0.230 e. The minimum atomic E-state index is 0.0647. The molecule has 1 fully saturated rings. The molecule has 25 heavy (non-hydrogen) atoms. The Morgan fingerprint density at radius 3 is 2.72 bits per heavy atom. The van der Waals surface area contributed by atoms with Gasteiger partial charge in [0.05, 0.1) is 5.92 Å². The predicted octanol–water partition coefficient (Wildman–Crippen LogP) is 2.85. The molecule has 0 N–H and O–H groups in total. The SMILES string of the molecule is O=C(C1CCCc2ccccc21)N1CCN(Cc2cccnc2)CC1. The summed E-state index contributed by atoms with van der Waals surface area (Å²) in [6.45, 7) is 4.46. The Kier molecular flexibility index (Phi) is 4.79. The summed E-state index contributed by atoms with van der Waals surface area (Å²) in [5, 5.41) is 0. The number of hydrogen-bond donors (Lipinski definition) is 0. The first-order chi connectivity index (χ1) is 12.3. The van der Waals surface area contributed by atoms with Crippen molar-refractivity contribution < 1.29 is 4.79 Å². The first-order valence-electron chi connectivity index (χ1n) is 9.29. The third-order valence-electron chi connectivity index (χ3n) is 5.48. The molecule has 1 aliphatic carbocycles. The normalized spacial score (nSPS) is 21.0. The van der Waals surface area contributed by atoms with Crippen molar-refractivity contribution in [3.63, 3.8) is 0 Å². The highest BCUT2D eigenvalue weighted by atomic mass is 16.2. The fraction of sp³-hybridized carbons (Fsp3) is 0.429. The molecule has 1 amide bonds. The maximum absolute atomic E-state index is 13.1. The molecular weight excluding hydrogens is 310 g/mol. The molecule has 0 saturated carbocycles. The van der Waals surface area contributed by atoms with E-state index in [2.05, 4.69) is 45.1 Å². The highest BCUT2D eigenvalue weighted by molar-refractivity contribution is 5.84. The van der Waals surface area contributed by atoms with Crippen LogP contribution in [0, 0.1) is 0 Å². The van der Waals surface area contributed by atoms with Crippen molar-refractivity contribution in [3.8, 4) is 0 Å². The number of fused-ring (bicyclic) bond motifs is 1. The zero-order valence-corrected chi connectivity index (χ0v) is 14.6. The Balaban J connectivity index is 1.37. The number of pyridine rings is 1. The zero-order valence-electron chi connectivity index (χ0n) is 14.6. The number of carbonyl (C=O) groups is 1. The number of amides is 1. The monoisotopic (exact) mass is 335 g/mol. The second-order valence-corrected chi connectivity index (χ2v) is 7.11. The number of rotatable bonds is 3. The number of benzene rings is 1. The van der Waals surface area contributed by atoms with Gasteiger partial charge in [-0.25, -0.2) is 0 Å². The van der Waals surface area contributed by atoms with Crippen LogP contribution in [0.25, 0.3) is 0 Å². The van der Waals surface area contributed by atoms with Crippen molar-refractivity contribution >= 4 is 5.91 Å². The van der Waals surface area contributed by atoms with Gasteiger partial charge >= 0.3 is 0 Å². The molecule has 0 radical (unpaired) electrons. The van der Waals surface area contributed by atoms with E-state index < -0.39 is 0 Å². The molecule has 4 nitrogen and oxygen atoms in total. The Labute approximate surface area is 149 Å². The van der Waals surface area contributed by atoms with Crippen molar-refractivity contribution in [1.82, 2.24) is 14.8 Å². The van der Waals surface area contributed by atoms with E-state index in [9.17, 15) is 4.79 Å². The molecule has 1 atom stereocenters. The standard InChI is InChI=1S/C21H25N3O/c25-21(20-9-3-7-18-6-1-2-8-19(18)20)24-13-11-23(12-14-24)16-17-5-4-10-22-15-17/h1-2,4-6,8,10,15,20H,3,7,9,11-14,16H2. The minimum absolute atomic E-state index is 0.0647. The molecule has 1 aromatic carbocycles. The molecule has 0 spiro atoms. The second-order valence-electron chi connectivity index (χ2n) is 7.11. The van der Waals surface area contributed by atoms with Gasteiger partial charge in [-0.1, -0.05) is 30.3 Å². The van der Waals surface area contributed by atoms with Crippen molar-refractivity contribution in [2.24, 2.45) is 0 Å². The largest absolute Gasteiger partial charge is 0.340 e. The van der Waals surface area contributed by atoms with Gasteiger partial charge in [0.1, 0.15) is 0 Å². The number of carbonyl (C=O) groups excluding carboxylic acids is 1. The number of nitrogens with zero attached hydrogens (tertiary/aromatic N) is 3. The van der Waals surface area contributed by atoms with Gasteiger partial charge in [0, 0.05) is 45.1 Å². The molecule has 4 rings (SSSR count). The van der Waals surface area contributed by atoms with E-state index in [4.69, 9.17) is 0 Å². The number of hydrogen-bond acceptors (Lipinski definition) is 3. The second kappa shape index (κ2) is 7.36. The van der Waals surface area contributed by atoms with Crippen LogP contribution in [0.2, 0.25) is 0 Å². The van der Waals surface area contributed by atoms with Gasteiger partial charge < -0.3 is 4.90 Å². The fourth-order valence-electron chi connectivity index (χ4n) is 4.11. The van der Waals surface area contributed by atoms with E-state index in [-0.39, 0.29) is 5.92 Å². The summed E-state index contributed by atoms with van der Waals surface area (Å²) < 4.78 is 0. The van der Waals surface area contributed by atoms with Gasteiger partial charge in [-0.3, -0.25) is 14.7 Å². The van der Waals surface area contributed by atoms with Crippen LogP contribution in [0.15, 0.2) is 48.8 Å². The summed E-state index contributed by atoms with van der Waals surface area (Å²) in [4.78, 5) is 21.8. The molecule has 1 aliphatic heterocycles. The van der Waals surface area contributed by atoms with Gasteiger partial charge in [-0.05, 0) is 42.0 Å². The first-order valence-corrected chi connectivity index (χ1v) is 9.29. The molecule has 1 saturated heterocycles. The van der Waals surface area contributed by atoms with Gasteiger partial charge in [0.2, 0.25) is 5.91 Å². The predicted molar refractivity (Wildman–Crippen MR) is 98.2 cm³/mol. The lowest BCUT2D eigenvalue weighted by Gasteiger charge is -2.37. The van der Waals surface area contributed by atoms with Crippen LogP contribution in [0.3, 0.4) is 0 Å². The Bertz CT molecular complexity index is 723. The smallest absolute Gasteiger partial charge is 0.230 e. The lowest BCUT2D eigenvalue weighted by Crippen LogP contribution is -2.49. The highest BCUT2D eigenvalue weighted by Gasteiger charge is 2.31. The van der Waals surface area contributed by atoms with E-state index in [0.29, 0.717) is 5.91 Å². The molecule has 1 aromatic heterocycles. The minimum Gasteiger partial charge on any atom is -0.340 e. The van der Waals surface area contributed by atoms with Crippen LogP contribution >= 0.6 is 0 Å². The molecular formula is C21H25N3O. The van der Waals surface area contributed by atoms with E-state index in [0.717, 1.165) is 52.0 Å². The molecule has 2 heterocycles. The highest BCUT2D eigenvalue weighted by Crippen LogP contribution is 2.33. The molecule has 2 aromatic rings. The molecule has 130 valence electrons. The van der Waals surface area contributed by atoms with Gasteiger partial charge in [-0.15, -0.1) is 0 Å². The number of aryl methyl sites for hydroxylation is 1. The lowest BCUT2D eigenvalue weighted by molar-refractivity contribution is -0.135. The fourth-order valence-corrected chi connectivity index (χ4v) is 4.11. The van der Waals surface area contributed by atoms with Crippen LogP contribution in [0.4, 0.5) is 0 Å². The summed E-state index contributed by atoms with van der Waals surface area (Å²) in [6.07, 6.45) is 6.96. The quantitative estimate of drug-likeness (QED) is 0.865. The zero-order chi connectivity index (χ0) is 17.1. The van der Waals surface area contributed by atoms with Crippen molar-refractivity contribution in [2.75, 3.05) is 26.2 Å². The third kappa shape index (κ3) is 3.59. The Morgan fingerprint density at radius 1 is 1.08 bits per heavy atom. The molecule has 1 unspecified atom stereocenters. The van der Waals surface area contributed by atoms with E-state index in [1.807, 2.05) is 18.5 Å². The summed E-state index contributed by atoms with van der Waals surface area (Å²) >= 11 is 0. The third-order valence-corrected chi connectivity index (χ3v) is 5.48. The Hall–Kier alpha value is -2.20. The molecule has 4 heteroatoms. The van der Waals surface area contributed by atoms with Crippen LogP contribution in [0.5, 0.6) is 0 Å². The van der Waals surface area contributed by atoms with E-state index in [1.54, 1.807) is 0 Å². The van der Waals surface area contributed by atoms with Crippen molar-refractivity contribution in [1.29, 1.82) is 0 Å². The van der Waals surface area contributed by atoms with E-state index >= 15 is 0 Å². The summed E-state index contributed by atoms with van der Waals surface area (Å²) in [6, 6.07) is 12.6. The maximum atomic E-state index is 13.1. The average molecular weight is 335 g/mol. The lowest BCUT2D eigenvalue weighted by atomic mass is 9.82. The van der Waals surface area contributed by atoms with Gasteiger partial charge in [0.15, 0.2) is 0 Å². The number of aromatic nitrogens is 1. The van der Waals surface area contributed by atoms with Crippen LogP contribution in [-0.4, -0.2) is 46.9 Å². The Morgan fingerprint density at radius 2 is 1.92 bits per heavy atom. The van der Waals surface area contributed by atoms with Crippen LogP contribution < -0.4 is 0 Å². The average Bonchev–Trinajstić information content (AvgIpc) is 2.68. The topological polar surface area (TPSA) is 36.4 Å². The van der Waals surface area contributed by atoms with Crippen molar-refractivity contribution in [2.45, 2.75) is 31.7 Å². The van der Waals surface area contributed by atoms with Gasteiger partial charge in [-0.2, -0.15) is 0 Å². The van der Waals surface area contributed by atoms with Crippen LogP contribution in [-0.2, 0) is 17.8 Å². The summed E-state index contributed by atoms with van der Waals surface area (Å²) in [5.74, 6) is 0.392. The van der Waals surface area contributed by atoms with E-state index in [1.165, 1.54) is 16.7 Å². The molecule has 0 bridgehead atoms. The number of piperazine rings is 1. The van der Waals surface area contributed by atoms with Gasteiger partial charge in [0.25, 0.3) is 0 Å². The van der Waals surface area contributed by atoms with Crippen LogP contribution in [0.1, 0.15) is 35.4 Å². The summed E-state index contributed by atoms with van der Waals surface area (Å²) in [5.41, 5.74) is 3.86. The van der Waals surface area contributed by atoms with Crippen molar-refractivity contribution in [3.05, 3.63) is 65.5 Å².